The van der Waals surface area contributed by atoms with Crippen molar-refractivity contribution in [1.29, 1.82) is 0 Å². The van der Waals surface area contributed by atoms with Gasteiger partial charge in [0.25, 0.3) is 0 Å². The zero-order chi connectivity index (χ0) is 9.22. The first-order valence-corrected chi connectivity index (χ1v) is 6.89. The van der Waals surface area contributed by atoms with Crippen molar-refractivity contribution in [2.24, 2.45) is 17.8 Å². The summed E-state index contributed by atoms with van der Waals surface area (Å²) in [4.78, 5) is 0. The number of rotatable bonds is 1. The molecule has 1 heterocycles. The quantitative estimate of drug-likeness (QED) is 0.625. The van der Waals surface area contributed by atoms with Gasteiger partial charge in [-0.3, -0.25) is 0 Å². The van der Waals surface area contributed by atoms with Crippen LogP contribution < -0.4 is 0 Å². The second-order valence-electron chi connectivity index (χ2n) is 4.82. The first-order valence-electron chi connectivity index (χ1n) is 5.04. The van der Waals surface area contributed by atoms with E-state index in [1.54, 1.807) is 4.31 Å². The average molecular weight is 201 g/mol. The maximum atomic E-state index is 11.4. The molecule has 0 aromatic rings. The summed E-state index contributed by atoms with van der Waals surface area (Å²) in [6.07, 6.45) is 5.25. The van der Waals surface area contributed by atoms with Gasteiger partial charge in [-0.15, -0.1) is 0 Å². The molecule has 3 aliphatic rings. The van der Waals surface area contributed by atoms with E-state index >= 15 is 0 Å². The Hall–Kier alpha value is -0.0900. The monoisotopic (exact) mass is 201 g/mol. The highest BCUT2D eigenvalue weighted by molar-refractivity contribution is 7.88. The molecule has 0 amide bonds. The van der Waals surface area contributed by atoms with Crippen LogP contribution in [0.15, 0.2) is 0 Å². The van der Waals surface area contributed by atoms with Gasteiger partial charge in [0.05, 0.1) is 6.26 Å². The minimum Gasteiger partial charge on any atom is -0.212 e. The zero-order valence-corrected chi connectivity index (χ0v) is 8.63. The molecule has 1 aliphatic heterocycles. The van der Waals surface area contributed by atoms with Crippen LogP contribution in [0.3, 0.4) is 0 Å². The fourth-order valence-corrected chi connectivity index (χ4v) is 4.85. The molecule has 4 unspecified atom stereocenters. The van der Waals surface area contributed by atoms with E-state index in [-0.39, 0.29) is 0 Å². The van der Waals surface area contributed by atoms with E-state index < -0.39 is 10.0 Å². The molecule has 0 radical (unpaired) electrons. The first-order chi connectivity index (χ1) is 6.07. The van der Waals surface area contributed by atoms with Crippen molar-refractivity contribution in [2.45, 2.75) is 25.3 Å². The van der Waals surface area contributed by atoms with Crippen LogP contribution in [0.2, 0.25) is 0 Å². The highest BCUT2D eigenvalue weighted by atomic mass is 32.2. The maximum absolute atomic E-state index is 11.4. The van der Waals surface area contributed by atoms with Crippen LogP contribution in [-0.2, 0) is 10.0 Å². The van der Waals surface area contributed by atoms with Crippen molar-refractivity contribution in [2.75, 3.05) is 12.8 Å². The number of hydrogen-bond donors (Lipinski definition) is 0. The predicted octanol–water partition coefficient (Wildman–Crippen LogP) is 0.676. The lowest BCUT2D eigenvalue weighted by molar-refractivity contribution is 0.0514. The Morgan fingerprint density at radius 2 is 1.92 bits per heavy atom. The second-order valence-corrected chi connectivity index (χ2v) is 6.76. The summed E-state index contributed by atoms with van der Waals surface area (Å²) < 4.78 is 24.4. The Kier molecular flexibility index (Phi) is 1.45. The van der Waals surface area contributed by atoms with Gasteiger partial charge in [-0.05, 0) is 37.0 Å². The third kappa shape index (κ3) is 0.960. The van der Waals surface area contributed by atoms with E-state index in [4.69, 9.17) is 0 Å². The summed E-state index contributed by atoms with van der Waals surface area (Å²) in [6, 6.07) is 0.397. The van der Waals surface area contributed by atoms with Gasteiger partial charge >= 0.3 is 0 Å². The highest BCUT2D eigenvalue weighted by Crippen LogP contribution is 2.56. The minimum atomic E-state index is -2.91. The van der Waals surface area contributed by atoms with E-state index in [1.165, 1.54) is 25.5 Å². The molecule has 2 saturated carbocycles. The van der Waals surface area contributed by atoms with Crippen LogP contribution in [0, 0.1) is 17.8 Å². The summed E-state index contributed by atoms with van der Waals surface area (Å²) in [7, 11) is -2.91. The molecular formula is C9H15NO2S. The Balaban J connectivity index is 1.87. The third-order valence-electron chi connectivity index (χ3n) is 4.19. The molecule has 3 fully saturated rings. The standard InChI is InChI=1S/C9H15NO2S/c1-13(11,12)10-5-8-6-2-3-7(4-6)9(8)10/h6-9H,2-5H2,1H3. The average Bonchev–Trinajstić information content (AvgIpc) is 2.37. The van der Waals surface area contributed by atoms with Crippen molar-refractivity contribution < 1.29 is 8.42 Å². The van der Waals surface area contributed by atoms with Gasteiger partial charge < -0.3 is 0 Å². The van der Waals surface area contributed by atoms with Crippen molar-refractivity contribution in [3.8, 4) is 0 Å². The molecular weight excluding hydrogens is 186 g/mol. The third-order valence-corrected chi connectivity index (χ3v) is 5.43. The summed E-state index contributed by atoms with van der Waals surface area (Å²) in [5.41, 5.74) is 0. The van der Waals surface area contributed by atoms with Crippen LogP contribution >= 0.6 is 0 Å². The Morgan fingerprint density at radius 1 is 1.23 bits per heavy atom. The van der Waals surface area contributed by atoms with Crippen LogP contribution in [0.25, 0.3) is 0 Å². The Labute approximate surface area is 79.2 Å². The molecule has 0 N–H and O–H groups in total. The van der Waals surface area contributed by atoms with Gasteiger partial charge in [-0.2, -0.15) is 4.31 Å². The summed E-state index contributed by atoms with van der Waals surface area (Å²) in [5.74, 6) is 2.26. The normalized spacial score (nSPS) is 49.0. The molecule has 0 spiro atoms. The van der Waals surface area contributed by atoms with Crippen LogP contribution in [-0.4, -0.2) is 31.6 Å². The summed E-state index contributed by atoms with van der Waals surface area (Å²) >= 11 is 0. The van der Waals surface area contributed by atoms with E-state index in [9.17, 15) is 8.42 Å². The number of sulfonamides is 1. The van der Waals surface area contributed by atoms with Gasteiger partial charge in [0.15, 0.2) is 0 Å². The van der Waals surface area contributed by atoms with Crippen molar-refractivity contribution in [3.63, 3.8) is 0 Å². The lowest BCUT2D eigenvalue weighted by Gasteiger charge is -2.48. The van der Waals surface area contributed by atoms with Crippen molar-refractivity contribution in [1.82, 2.24) is 4.31 Å². The molecule has 4 heteroatoms. The molecule has 1 saturated heterocycles. The molecule has 4 atom stereocenters. The molecule has 0 aromatic carbocycles. The fourth-order valence-electron chi connectivity index (χ4n) is 3.63. The topological polar surface area (TPSA) is 37.4 Å². The van der Waals surface area contributed by atoms with E-state index in [2.05, 4.69) is 0 Å². The maximum Gasteiger partial charge on any atom is 0.211 e. The summed E-state index contributed by atoms with van der Waals surface area (Å²) in [6.45, 7) is 0.810. The predicted molar refractivity (Wildman–Crippen MR) is 49.7 cm³/mol. The largest absolute Gasteiger partial charge is 0.212 e. The van der Waals surface area contributed by atoms with E-state index in [0.29, 0.717) is 17.9 Å². The minimum absolute atomic E-state index is 0.397. The van der Waals surface area contributed by atoms with Crippen LogP contribution in [0.4, 0.5) is 0 Å². The molecule has 2 aliphatic carbocycles. The molecule has 3 rings (SSSR count). The smallest absolute Gasteiger partial charge is 0.211 e. The number of fused-ring (bicyclic) bond motifs is 5. The van der Waals surface area contributed by atoms with Gasteiger partial charge in [-0.1, -0.05) is 0 Å². The van der Waals surface area contributed by atoms with Gasteiger partial charge in [0, 0.05) is 12.6 Å². The number of hydrogen-bond acceptors (Lipinski definition) is 2. The molecule has 0 aromatic heterocycles. The van der Waals surface area contributed by atoms with E-state index in [0.717, 1.165) is 12.5 Å². The fraction of sp³-hybridized carbons (Fsp3) is 1.00. The molecule has 13 heavy (non-hydrogen) atoms. The molecule has 74 valence electrons. The molecule has 3 nitrogen and oxygen atoms in total. The van der Waals surface area contributed by atoms with Crippen molar-refractivity contribution in [3.05, 3.63) is 0 Å². The van der Waals surface area contributed by atoms with Gasteiger partial charge in [0.1, 0.15) is 0 Å². The van der Waals surface area contributed by atoms with Gasteiger partial charge in [0.2, 0.25) is 10.0 Å². The lowest BCUT2D eigenvalue weighted by atomic mass is 9.79. The number of nitrogens with zero attached hydrogens (tertiary/aromatic N) is 1. The second kappa shape index (κ2) is 2.28. The highest BCUT2D eigenvalue weighted by Gasteiger charge is 2.58. The summed E-state index contributed by atoms with van der Waals surface area (Å²) in [5, 5.41) is 0. The lowest BCUT2D eigenvalue weighted by Crippen LogP contribution is -2.60. The van der Waals surface area contributed by atoms with Crippen molar-refractivity contribution >= 4 is 10.0 Å². The van der Waals surface area contributed by atoms with Gasteiger partial charge in [-0.25, -0.2) is 8.42 Å². The van der Waals surface area contributed by atoms with Crippen LogP contribution in [0.5, 0.6) is 0 Å². The van der Waals surface area contributed by atoms with E-state index in [1.807, 2.05) is 0 Å². The molecule has 2 bridgehead atoms. The van der Waals surface area contributed by atoms with Crippen LogP contribution in [0.1, 0.15) is 19.3 Å². The Morgan fingerprint density at radius 3 is 2.54 bits per heavy atom. The SMILES string of the molecule is CS(=O)(=O)N1CC2C3CCC(C3)C21. The zero-order valence-electron chi connectivity index (χ0n) is 7.81. The Bertz CT molecular complexity index is 336. The first kappa shape index (κ1) is 8.24.